The van der Waals surface area contributed by atoms with Crippen LogP contribution in [-0.2, 0) is 11.3 Å². The number of aryl methyl sites for hydroxylation is 1. The van der Waals surface area contributed by atoms with Crippen molar-refractivity contribution in [3.8, 4) is 0 Å². The third-order valence-electron chi connectivity index (χ3n) is 1.88. The molecule has 1 aromatic rings. The predicted octanol–water partition coefficient (Wildman–Crippen LogP) is 2.92. The summed E-state index contributed by atoms with van der Waals surface area (Å²) in [5.74, 6) is 0. The summed E-state index contributed by atoms with van der Waals surface area (Å²) in [6, 6.07) is 6.37. The van der Waals surface area contributed by atoms with Gasteiger partial charge in [0.25, 0.3) is 0 Å². The molecule has 1 aliphatic rings. The van der Waals surface area contributed by atoms with Gasteiger partial charge in [0, 0.05) is 11.3 Å². The third-order valence-corrected chi connectivity index (χ3v) is 1.88. The van der Waals surface area contributed by atoms with Gasteiger partial charge in [0.05, 0.1) is 6.61 Å². The van der Waals surface area contributed by atoms with E-state index in [0.29, 0.717) is 6.73 Å². The Morgan fingerprint density at radius 3 is 2.85 bits per heavy atom. The molecular weight excluding hydrogens is 162 g/mol. The van der Waals surface area contributed by atoms with E-state index in [1.54, 1.807) is 0 Å². The van der Waals surface area contributed by atoms with Gasteiger partial charge in [-0.2, -0.15) is 0 Å². The van der Waals surface area contributed by atoms with Gasteiger partial charge in [0.15, 0.2) is 0 Å². The maximum atomic E-state index is 5.24. The number of ether oxygens (including phenoxy) is 1. The zero-order chi connectivity index (χ0) is 9.68. The third kappa shape index (κ3) is 2.46. The molecule has 0 radical (unpaired) electrons. The zero-order valence-corrected chi connectivity index (χ0v) is 8.55. The van der Waals surface area contributed by atoms with Crippen LogP contribution in [0.25, 0.3) is 0 Å². The molecule has 0 spiro atoms. The van der Waals surface area contributed by atoms with Crippen molar-refractivity contribution in [1.29, 1.82) is 0 Å². The Kier molecular flexibility index (Phi) is 3.77. The molecule has 2 nitrogen and oxygen atoms in total. The first-order valence-corrected chi connectivity index (χ1v) is 4.77. The standard InChI is InChI=1S/C9H11NO.C2H6/c1-7-2-3-9-8(4-7)5-11-6-10-9;1-2/h2-4,10H,5-6H2,1H3;1-2H3. The summed E-state index contributed by atoms with van der Waals surface area (Å²) in [6.45, 7) is 7.47. The zero-order valence-electron chi connectivity index (χ0n) is 8.55. The molecule has 0 bridgehead atoms. The number of benzene rings is 1. The van der Waals surface area contributed by atoms with Crippen molar-refractivity contribution in [3.63, 3.8) is 0 Å². The highest BCUT2D eigenvalue weighted by atomic mass is 16.5. The Morgan fingerprint density at radius 2 is 2.08 bits per heavy atom. The quantitative estimate of drug-likeness (QED) is 0.661. The van der Waals surface area contributed by atoms with Crippen LogP contribution in [0.4, 0.5) is 5.69 Å². The number of nitrogens with one attached hydrogen (secondary N) is 1. The van der Waals surface area contributed by atoms with Gasteiger partial charge in [0.2, 0.25) is 0 Å². The molecule has 0 aliphatic carbocycles. The molecule has 0 amide bonds. The fourth-order valence-electron chi connectivity index (χ4n) is 1.30. The van der Waals surface area contributed by atoms with Crippen molar-refractivity contribution < 1.29 is 4.74 Å². The SMILES string of the molecule is CC.Cc1ccc2c(c1)COCN2. The molecule has 0 atom stereocenters. The van der Waals surface area contributed by atoms with E-state index in [9.17, 15) is 0 Å². The average molecular weight is 179 g/mol. The van der Waals surface area contributed by atoms with Crippen molar-refractivity contribution in [3.05, 3.63) is 29.3 Å². The van der Waals surface area contributed by atoms with Gasteiger partial charge in [-0.25, -0.2) is 0 Å². The second-order valence-corrected chi connectivity index (χ2v) is 2.83. The van der Waals surface area contributed by atoms with E-state index in [4.69, 9.17) is 4.74 Å². The van der Waals surface area contributed by atoms with Gasteiger partial charge in [0.1, 0.15) is 6.73 Å². The summed E-state index contributed by atoms with van der Waals surface area (Å²) in [7, 11) is 0. The molecule has 2 heteroatoms. The molecule has 1 aliphatic heterocycles. The van der Waals surface area contributed by atoms with E-state index in [1.165, 1.54) is 16.8 Å². The first-order chi connectivity index (χ1) is 6.36. The van der Waals surface area contributed by atoms with E-state index in [2.05, 4.69) is 30.4 Å². The number of fused-ring (bicyclic) bond motifs is 1. The molecule has 0 unspecified atom stereocenters. The molecule has 1 N–H and O–H groups in total. The lowest BCUT2D eigenvalue weighted by atomic mass is 10.1. The summed E-state index contributed by atoms with van der Waals surface area (Å²) in [6.07, 6.45) is 0. The Hall–Kier alpha value is -1.02. The number of hydrogen-bond acceptors (Lipinski definition) is 2. The Labute approximate surface area is 79.9 Å². The Balaban J connectivity index is 0.000000396. The van der Waals surface area contributed by atoms with Gasteiger partial charge in [-0.05, 0) is 13.0 Å². The first kappa shape index (κ1) is 10.1. The second kappa shape index (κ2) is 4.87. The summed E-state index contributed by atoms with van der Waals surface area (Å²) >= 11 is 0. The number of rotatable bonds is 0. The first-order valence-electron chi connectivity index (χ1n) is 4.77. The number of hydrogen-bond donors (Lipinski definition) is 1. The summed E-state index contributed by atoms with van der Waals surface area (Å²) in [5.41, 5.74) is 3.76. The van der Waals surface area contributed by atoms with E-state index >= 15 is 0 Å². The van der Waals surface area contributed by atoms with Crippen LogP contribution in [0.15, 0.2) is 18.2 Å². The van der Waals surface area contributed by atoms with Crippen molar-refractivity contribution >= 4 is 5.69 Å². The molecule has 13 heavy (non-hydrogen) atoms. The summed E-state index contributed by atoms with van der Waals surface area (Å²) in [4.78, 5) is 0. The highest BCUT2D eigenvalue weighted by molar-refractivity contribution is 5.53. The van der Waals surface area contributed by atoms with Crippen LogP contribution in [0.5, 0.6) is 0 Å². The molecule has 1 aromatic carbocycles. The van der Waals surface area contributed by atoms with Crippen LogP contribution in [0, 0.1) is 6.92 Å². The molecule has 1 heterocycles. The minimum Gasteiger partial charge on any atom is -0.362 e. The van der Waals surface area contributed by atoms with Crippen molar-refractivity contribution in [2.75, 3.05) is 12.0 Å². The highest BCUT2D eigenvalue weighted by Gasteiger charge is 2.06. The number of anilines is 1. The van der Waals surface area contributed by atoms with E-state index in [-0.39, 0.29) is 0 Å². The molecular formula is C11H17NO. The monoisotopic (exact) mass is 179 g/mol. The van der Waals surface area contributed by atoms with Crippen molar-refractivity contribution in [2.24, 2.45) is 0 Å². The molecule has 72 valence electrons. The van der Waals surface area contributed by atoms with Gasteiger partial charge in [-0.1, -0.05) is 31.5 Å². The van der Waals surface area contributed by atoms with Crippen LogP contribution in [0.2, 0.25) is 0 Å². The second-order valence-electron chi connectivity index (χ2n) is 2.83. The van der Waals surface area contributed by atoms with E-state index < -0.39 is 0 Å². The van der Waals surface area contributed by atoms with E-state index in [1.807, 2.05) is 13.8 Å². The highest BCUT2D eigenvalue weighted by Crippen LogP contribution is 2.20. The van der Waals surface area contributed by atoms with Crippen LogP contribution < -0.4 is 5.32 Å². The van der Waals surface area contributed by atoms with Gasteiger partial charge >= 0.3 is 0 Å². The predicted molar refractivity (Wildman–Crippen MR) is 55.8 cm³/mol. The van der Waals surface area contributed by atoms with Gasteiger partial charge in [-0.3, -0.25) is 0 Å². The average Bonchev–Trinajstić information content (AvgIpc) is 2.21. The molecule has 0 aromatic heterocycles. The molecule has 2 rings (SSSR count). The Morgan fingerprint density at radius 1 is 1.31 bits per heavy atom. The maximum Gasteiger partial charge on any atom is 0.116 e. The largest absolute Gasteiger partial charge is 0.362 e. The van der Waals surface area contributed by atoms with Gasteiger partial charge in [-0.15, -0.1) is 0 Å². The topological polar surface area (TPSA) is 21.3 Å². The Bertz CT molecular complexity index is 271. The molecule has 0 saturated carbocycles. The lowest BCUT2D eigenvalue weighted by Crippen LogP contribution is -2.14. The van der Waals surface area contributed by atoms with Crippen LogP contribution >= 0.6 is 0 Å². The van der Waals surface area contributed by atoms with Crippen LogP contribution in [0.3, 0.4) is 0 Å². The summed E-state index contributed by atoms with van der Waals surface area (Å²) in [5, 5.41) is 3.17. The molecule has 0 saturated heterocycles. The smallest absolute Gasteiger partial charge is 0.116 e. The summed E-state index contributed by atoms with van der Waals surface area (Å²) < 4.78 is 5.24. The fraction of sp³-hybridized carbons (Fsp3) is 0.455. The van der Waals surface area contributed by atoms with E-state index in [0.717, 1.165) is 6.61 Å². The fourth-order valence-corrected chi connectivity index (χ4v) is 1.30. The maximum absolute atomic E-state index is 5.24. The lowest BCUT2D eigenvalue weighted by molar-refractivity contribution is 0.130. The van der Waals surface area contributed by atoms with Crippen molar-refractivity contribution in [2.45, 2.75) is 27.4 Å². The molecule has 0 fully saturated rings. The minimum atomic E-state index is 0.635. The van der Waals surface area contributed by atoms with Crippen LogP contribution in [0.1, 0.15) is 25.0 Å². The van der Waals surface area contributed by atoms with Crippen molar-refractivity contribution in [1.82, 2.24) is 0 Å². The normalized spacial score (nSPS) is 13.5. The van der Waals surface area contributed by atoms with Crippen LogP contribution in [-0.4, -0.2) is 6.73 Å². The lowest BCUT2D eigenvalue weighted by Gasteiger charge is -2.18. The minimum absolute atomic E-state index is 0.635. The van der Waals surface area contributed by atoms with Gasteiger partial charge < -0.3 is 10.1 Å².